The third-order valence-electron chi connectivity index (χ3n) is 5.03. The molecule has 2 aromatic rings. The maximum atomic E-state index is 13.1. The molecule has 0 spiro atoms. The Morgan fingerprint density at radius 1 is 0.969 bits per heavy atom. The number of ether oxygens (including phenoxy) is 2. The molecule has 0 saturated carbocycles. The molecule has 0 aromatic heterocycles. The van der Waals surface area contributed by atoms with Gasteiger partial charge in [-0.15, -0.1) is 0 Å². The zero-order valence-electron chi connectivity index (χ0n) is 18.3. The number of carbonyl (C=O) groups is 4. The number of hydrogen-bond acceptors (Lipinski definition) is 6. The van der Waals surface area contributed by atoms with Gasteiger partial charge in [-0.05, 0) is 43.2 Å². The van der Waals surface area contributed by atoms with Crippen molar-refractivity contribution in [3.63, 3.8) is 0 Å². The molecule has 1 N–H and O–H groups in total. The van der Waals surface area contributed by atoms with Crippen LogP contribution in [0.15, 0.2) is 48.5 Å². The van der Waals surface area contributed by atoms with Crippen LogP contribution in [0.25, 0.3) is 0 Å². The highest BCUT2D eigenvalue weighted by Crippen LogP contribution is 2.28. The Labute approximate surface area is 186 Å². The van der Waals surface area contributed by atoms with Gasteiger partial charge in [-0.2, -0.15) is 0 Å². The first kappa shape index (κ1) is 23.1. The number of rotatable bonds is 9. The standard InChI is InChI=1S/C24H26N2O6/c1-4-31-12-13-32-24(30)16-8-7-9-17(14-16)25-21(27)20(15(2)3)26-22(28)18-10-5-6-11-19(18)23(26)29/h5-11,14-15,20H,4,12-13H2,1-3H3,(H,25,27)/t20-/m0/s1. The zero-order valence-corrected chi connectivity index (χ0v) is 18.3. The molecule has 0 radical (unpaired) electrons. The first-order valence-corrected chi connectivity index (χ1v) is 10.5. The van der Waals surface area contributed by atoms with Gasteiger partial charge in [0.05, 0.1) is 23.3 Å². The van der Waals surface area contributed by atoms with Gasteiger partial charge >= 0.3 is 5.97 Å². The van der Waals surface area contributed by atoms with E-state index < -0.39 is 29.7 Å². The third-order valence-corrected chi connectivity index (χ3v) is 5.03. The Balaban J connectivity index is 1.75. The maximum Gasteiger partial charge on any atom is 0.338 e. The average molecular weight is 438 g/mol. The van der Waals surface area contributed by atoms with Gasteiger partial charge in [0, 0.05) is 12.3 Å². The van der Waals surface area contributed by atoms with Crippen LogP contribution in [0.2, 0.25) is 0 Å². The van der Waals surface area contributed by atoms with Crippen LogP contribution in [-0.2, 0) is 14.3 Å². The van der Waals surface area contributed by atoms with E-state index in [9.17, 15) is 19.2 Å². The molecule has 168 valence electrons. The van der Waals surface area contributed by atoms with Crippen LogP contribution in [0.1, 0.15) is 51.8 Å². The number of amides is 3. The molecule has 0 fully saturated rings. The highest BCUT2D eigenvalue weighted by atomic mass is 16.6. The topological polar surface area (TPSA) is 102 Å². The van der Waals surface area contributed by atoms with E-state index in [1.807, 2.05) is 6.92 Å². The van der Waals surface area contributed by atoms with E-state index in [0.29, 0.717) is 18.9 Å². The van der Waals surface area contributed by atoms with E-state index in [0.717, 1.165) is 4.90 Å². The second-order valence-corrected chi connectivity index (χ2v) is 7.62. The van der Waals surface area contributed by atoms with Crippen molar-refractivity contribution < 1.29 is 28.7 Å². The SMILES string of the molecule is CCOCCOC(=O)c1cccc(NC(=O)[C@H](C(C)C)N2C(=O)c3ccccc3C2=O)c1. The summed E-state index contributed by atoms with van der Waals surface area (Å²) in [6.07, 6.45) is 0. The van der Waals surface area contributed by atoms with E-state index in [4.69, 9.17) is 9.47 Å². The molecule has 1 atom stereocenters. The van der Waals surface area contributed by atoms with Gasteiger partial charge in [-0.25, -0.2) is 4.79 Å². The van der Waals surface area contributed by atoms with Crippen molar-refractivity contribution in [1.29, 1.82) is 0 Å². The quantitative estimate of drug-likeness (QED) is 0.367. The summed E-state index contributed by atoms with van der Waals surface area (Å²) in [6, 6.07) is 11.8. The number of nitrogens with one attached hydrogen (secondary N) is 1. The van der Waals surface area contributed by atoms with E-state index >= 15 is 0 Å². The molecule has 2 aromatic carbocycles. The molecular formula is C24H26N2O6. The second kappa shape index (κ2) is 10.2. The first-order valence-electron chi connectivity index (χ1n) is 10.5. The van der Waals surface area contributed by atoms with Crippen molar-refractivity contribution in [1.82, 2.24) is 4.90 Å². The number of hydrogen-bond donors (Lipinski definition) is 1. The Kier molecular flexibility index (Phi) is 7.37. The molecule has 1 aliphatic rings. The molecule has 1 heterocycles. The van der Waals surface area contributed by atoms with Crippen LogP contribution in [0.4, 0.5) is 5.69 Å². The van der Waals surface area contributed by atoms with Crippen molar-refractivity contribution >= 4 is 29.4 Å². The average Bonchev–Trinajstić information content (AvgIpc) is 3.02. The minimum absolute atomic E-state index is 0.123. The van der Waals surface area contributed by atoms with Gasteiger partial charge in [0.25, 0.3) is 11.8 Å². The third kappa shape index (κ3) is 4.86. The van der Waals surface area contributed by atoms with Crippen LogP contribution in [0.3, 0.4) is 0 Å². The highest BCUT2D eigenvalue weighted by Gasteiger charge is 2.43. The first-order chi connectivity index (χ1) is 15.3. The maximum absolute atomic E-state index is 13.1. The number of anilines is 1. The minimum Gasteiger partial charge on any atom is -0.460 e. The smallest absolute Gasteiger partial charge is 0.338 e. The lowest BCUT2D eigenvalue weighted by Crippen LogP contribution is -2.50. The number of benzene rings is 2. The summed E-state index contributed by atoms with van der Waals surface area (Å²) in [5.41, 5.74) is 1.19. The van der Waals surface area contributed by atoms with E-state index in [1.54, 1.807) is 56.3 Å². The number of fused-ring (bicyclic) bond motifs is 1. The monoisotopic (exact) mass is 438 g/mol. The summed E-state index contributed by atoms with van der Waals surface area (Å²) in [5.74, 6) is -2.38. The normalized spacial score (nSPS) is 13.8. The van der Waals surface area contributed by atoms with E-state index in [2.05, 4.69) is 5.32 Å². The number of imide groups is 1. The lowest BCUT2D eigenvalue weighted by atomic mass is 10.0. The highest BCUT2D eigenvalue weighted by molar-refractivity contribution is 6.23. The van der Waals surface area contributed by atoms with Crippen molar-refractivity contribution in [2.45, 2.75) is 26.8 Å². The minimum atomic E-state index is -1.01. The summed E-state index contributed by atoms with van der Waals surface area (Å²) in [7, 11) is 0. The summed E-state index contributed by atoms with van der Waals surface area (Å²) in [4.78, 5) is 52.1. The van der Waals surface area contributed by atoms with Gasteiger partial charge < -0.3 is 14.8 Å². The summed E-state index contributed by atoms with van der Waals surface area (Å²) < 4.78 is 10.3. The van der Waals surface area contributed by atoms with Gasteiger partial charge in [-0.3, -0.25) is 19.3 Å². The van der Waals surface area contributed by atoms with Crippen LogP contribution in [-0.4, -0.2) is 54.5 Å². The van der Waals surface area contributed by atoms with Gasteiger partial charge in [-0.1, -0.05) is 32.0 Å². The molecule has 0 bridgehead atoms. The largest absolute Gasteiger partial charge is 0.460 e. The van der Waals surface area contributed by atoms with Crippen LogP contribution < -0.4 is 5.32 Å². The molecule has 1 aliphatic heterocycles. The summed E-state index contributed by atoms with van der Waals surface area (Å²) in [6.45, 7) is 6.33. The zero-order chi connectivity index (χ0) is 23.3. The van der Waals surface area contributed by atoms with Gasteiger partial charge in [0.2, 0.25) is 5.91 Å². The van der Waals surface area contributed by atoms with Gasteiger partial charge in [0.15, 0.2) is 0 Å². The molecule has 0 unspecified atom stereocenters. The Morgan fingerprint density at radius 3 is 2.22 bits per heavy atom. The van der Waals surface area contributed by atoms with Crippen molar-refractivity contribution in [2.24, 2.45) is 5.92 Å². The predicted molar refractivity (Wildman–Crippen MR) is 117 cm³/mol. The second-order valence-electron chi connectivity index (χ2n) is 7.62. The Morgan fingerprint density at radius 2 is 1.62 bits per heavy atom. The Hall–Kier alpha value is -3.52. The molecule has 0 saturated heterocycles. The van der Waals surface area contributed by atoms with Crippen molar-refractivity contribution in [2.75, 3.05) is 25.1 Å². The fourth-order valence-electron chi connectivity index (χ4n) is 3.54. The fraction of sp³-hybridized carbons (Fsp3) is 0.333. The summed E-state index contributed by atoms with van der Waals surface area (Å²) >= 11 is 0. The summed E-state index contributed by atoms with van der Waals surface area (Å²) in [5, 5.41) is 2.72. The van der Waals surface area contributed by atoms with Crippen LogP contribution in [0.5, 0.6) is 0 Å². The lowest BCUT2D eigenvalue weighted by Gasteiger charge is -2.28. The number of nitrogens with zero attached hydrogens (tertiary/aromatic N) is 1. The van der Waals surface area contributed by atoms with E-state index in [-0.39, 0.29) is 29.2 Å². The molecular weight excluding hydrogens is 412 g/mol. The van der Waals surface area contributed by atoms with E-state index in [1.165, 1.54) is 6.07 Å². The molecule has 8 nitrogen and oxygen atoms in total. The molecule has 3 rings (SSSR count). The van der Waals surface area contributed by atoms with Crippen molar-refractivity contribution in [3.8, 4) is 0 Å². The van der Waals surface area contributed by atoms with Crippen LogP contribution in [0, 0.1) is 5.92 Å². The number of esters is 1. The lowest BCUT2D eigenvalue weighted by molar-refractivity contribution is -0.121. The number of carbonyl (C=O) groups excluding carboxylic acids is 4. The van der Waals surface area contributed by atoms with Crippen LogP contribution >= 0.6 is 0 Å². The molecule has 8 heteroatoms. The Bertz CT molecular complexity index is 998. The van der Waals surface area contributed by atoms with Crippen molar-refractivity contribution in [3.05, 3.63) is 65.2 Å². The van der Waals surface area contributed by atoms with Gasteiger partial charge in [0.1, 0.15) is 12.6 Å². The fourth-order valence-corrected chi connectivity index (χ4v) is 3.54. The molecule has 0 aliphatic carbocycles. The molecule has 3 amide bonds. The molecule has 32 heavy (non-hydrogen) atoms. The predicted octanol–water partition coefficient (Wildman–Crippen LogP) is 3.14.